The molecule has 3 rings (SSSR count). The number of phenols is 1. The molecule has 1 aliphatic rings. The predicted octanol–water partition coefficient (Wildman–Crippen LogP) is -0.373. The van der Waals surface area contributed by atoms with E-state index in [-0.39, 0.29) is 35.7 Å². The van der Waals surface area contributed by atoms with Crippen LogP contribution in [0.5, 0.6) is 5.75 Å². The number of carbonyl (C=O) groups is 1. The number of aromatic hydroxyl groups is 1. The Kier molecular flexibility index (Phi) is 6.55. The average molecular weight is 390 g/mol. The van der Waals surface area contributed by atoms with Gasteiger partial charge >= 0.3 is 0 Å². The van der Waals surface area contributed by atoms with Gasteiger partial charge in [-0.3, -0.25) is 4.79 Å². The van der Waals surface area contributed by atoms with Crippen LogP contribution in [0.2, 0.25) is 0 Å². The van der Waals surface area contributed by atoms with E-state index in [1.54, 1.807) is 24.1 Å². The van der Waals surface area contributed by atoms with E-state index >= 15 is 0 Å². The maximum absolute atomic E-state index is 12.9. The molecule has 1 amide bonds. The van der Waals surface area contributed by atoms with Crippen molar-refractivity contribution in [3.05, 3.63) is 30.1 Å². The van der Waals surface area contributed by atoms with Crippen LogP contribution in [0.3, 0.4) is 0 Å². The SMILES string of the molecule is COCCN(C)C[C@@H]1CN(C(=O)c2ccc(-n3cnnn3)cc2O)C[C@@H]1CO. The standard InChI is InChI=1S/C18H26N6O4/c1-22(5-6-28-2)8-13-9-23(10-14(13)11-25)18(27)16-4-3-15(7-17(16)26)24-12-19-20-21-24/h3-4,7,12-14,25-26H,5-6,8-11H2,1-2H3/t13-,14-/m1/s1. The number of aliphatic hydroxyl groups excluding tert-OH is 1. The topological polar surface area (TPSA) is 117 Å². The zero-order valence-corrected chi connectivity index (χ0v) is 16.1. The van der Waals surface area contributed by atoms with Crippen LogP contribution in [0.4, 0.5) is 0 Å². The Morgan fingerprint density at radius 2 is 2.14 bits per heavy atom. The third-order valence-electron chi connectivity index (χ3n) is 5.15. The molecule has 1 fully saturated rings. The molecule has 2 N–H and O–H groups in total. The van der Waals surface area contributed by atoms with Crippen molar-refractivity contribution in [2.24, 2.45) is 11.8 Å². The molecule has 0 unspecified atom stereocenters. The van der Waals surface area contributed by atoms with Gasteiger partial charge in [0.05, 0.1) is 17.9 Å². The second-order valence-corrected chi connectivity index (χ2v) is 7.12. The number of amides is 1. The van der Waals surface area contributed by atoms with Gasteiger partial charge in [-0.1, -0.05) is 0 Å². The molecule has 1 aromatic heterocycles. The van der Waals surface area contributed by atoms with Crippen molar-refractivity contribution in [3.8, 4) is 11.4 Å². The molecule has 0 spiro atoms. The summed E-state index contributed by atoms with van der Waals surface area (Å²) < 4.78 is 6.50. The summed E-state index contributed by atoms with van der Waals surface area (Å²) in [7, 11) is 3.67. The maximum atomic E-state index is 12.9. The van der Waals surface area contributed by atoms with E-state index in [4.69, 9.17) is 4.74 Å². The highest BCUT2D eigenvalue weighted by Gasteiger charge is 2.36. The quantitative estimate of drug-likeness (QED) is 0.627. The van der Waals surface area contributed by atoms with Crippen molar-refractivity contribution in [3.63, 3.8) is 0 Å². The number of rotatable bonds is 8. The number of tetrazole rings is 1. The minimum atomic E-state index is -0.249. The highest BCUT2D eigenvalue weighted by molar-refractivity contribution is 5.97. The highest BCUT2D eigenvalue weighted by Crippen LogP contribution is 2.28. The molecular weight excluding hydrogens is 364 g/mol. The fraction of sp³-hybridized carbons (Fsp3) is 0.556. The first-order chi connectivity index (χ1) is 13.5. The van der Waals surface area contributed by atoms with Gasteiger partial charge in [-0.25, -0.2) is 4.68 Å². The van der Waals surface area contributed by atoms with Crippen molar-refractivity contribution in [1.29, 1.82) is 0 Å². The number of aliphatic hydroxyl groups is 1. The van der Waals surface area contributed by atoms with Crippen LogP contribution in [0, 0.1) is 11.8 Å². The van der Waals surface area contributed by atoms with Crippen molar-refractivity contribution in [2.45, 2.75) is 0 Å². The number of phenolic OH excluding ortho intramolecular Hbond substituents is 1. The molecule has 2 atom stereocenters. The molecule has 1 aromatic carbocycles. The van der Waals surface area contributed by atoms with Crippen LogP contribution < -0.4 is 0 Å². The summed E-state index contributed by atoms with van der Waals surface area (Å²) in [5, 5.41) is 31.0. The van der Waals surface area contributed by atoms with Gasteiger partial charge in [0, 0.05) is 51.9 Å². The molecule has 2 heterocycles. The van der Waals surface area contributed by atoms with E-state index in [0.717, 1.165) is 13.1 Å². The van der Waals surface area contributed by atoms with E-state index in [9.17, 15) is 15.0 Å². The van der Waals surface area contributed by atoms with Crippen LogP contribution in [0.1, 0.15) is 10.4 Å². The third kappa shape index (κ3) is 4.46. The second kappa shape index (κ2) is 9.09. The number of hydrogen-bond acceptors (Lipinski definition) is 8. The Hall–Kier alpha value is -2.56. The largest absolute Gasteiger partial charge is 0.507 e. The molecule has 10 nitrogen and oxygen atoms in total. The van der Waals surface area contributed by atoms with Gasteiger partial charge in [-0.05, 0) is 35.5 Å². The Labute approximate surface area is 163 Å². The number of nitrogens with zero attached hydrogens (tertiary/aromatic N) is 6. The molecule has 28 heavy (non-hydrogen) atoms. The van der Waals surface area contributed by atoms with Crippen molar-refractivity contribution < 1.29 is 19.7 Å². The highest BCUT2D eigenvalue weighted by atomic mass is 16.5. The summed E-state index contributed by atoms with van der Waals surface area (Å²) in [5.74, 6) is -0.199. The maximum Gasteiger partial charge on any atom is 0.257 e. The summed E-state index contributed by atoms with van der Waals surface area (Å²) in [4.78, 5) is 16.8. The number of benzene rings is 1. The molecule has 10 heteroatoms. The first kappa shape index (κ1) is 20.2. The van der Waals surface area contributed by atoms with Gasteiger partial charge in [0.2, 0.25) is 0 Å². The number of aromatic nitrogens is 4. The number of likely N-dealkylation sites (tertiary alicyclic amines) is 1. The Balaban J connectivity index is 1.68. The van der Waals surface area contributed by atoms with Crippen molar-refractivity contribution in [1.82, 2.24) is 30.0 Å². The van der Waals surface area contributed by atoms with Gasteiger partial charge in [0.25, 0.3) is 5.91 Å². The van der Waals surface area contributed by atoms with Crippen molar-refractivity contribution >= 4 is 5.91 Å². The molecule has 0 aliphatic carbocycles. The molecule has 1 aliphatic heterocycles. The third-order valence-corrected chi connectivity index (χ3v) is 5.15. The molecule has 1 saturated heterocycles. The molecule has 2 aromatic rings. The van der Waals surface area contributed by atoms with E-state index in [0.29, 0.717) is 25.4 Å². The lowest BCUT2D eigenvalue weighted by atomic mass is 9.96. The van der Waals surface area contributed by atoms with E-state index < -0.39 is 0 Å². The van der Waals surface area contributed by atoms with Gasteiger partial charge < -0.3 is 24.7 Å². The molecular formula is C18H26N6O4. The van der Waals surface area contributed by atoms with Crippen LogP contribution in [0.15, 0.2) is 24.5 Å². The first-order valence-electron chi connectivity index (χ1n) is 9.17. The second-order valence-electron chi connectivity index (χ2n) is 7.12. The Morgan fingerprint density at radius 1 is 1.36 bits per heavy atom. The summed E-state index contributed by atoms with van der Waals surface area (Å²) in [5.41, 5.74) is 0.785. The van der Waals surface area contributed by atoms with Crippen LogP contribution >= 0.6 is 0 Å². The lowest BCUT2D eigenvalue weighted by Gasteiger charge is -2.23. The molecule has 0 saturated carbocycles. The number of likely N-dealkylation sites (N-methyl/N-ethyl adjacent to an activating group) is 1. The van der Waals surface area contributed by atoms with Crippen LogP contribution in [-0.4, -0.2) is 99.7 Å². The smallest absolute Gasteiger partial charge is 0.257 e. The summed E-state index contributed by atoms with van der Waals surface area (Å²) in [6.07, 6.45) is 1.41. The van der Waals surface area contributed by atoms with Crippen LogP contribution in [0.25, 0.3) is 5.69 Å². The molecule has 152 valence electrons. The summed E-state index contributed by atoms with van der Waals surface area (Å²) in [6, 6.07) is 4.71. The monoisotopic (exact) mass is 390 g/mol. The minimum Gasteiger partial charge on any atom is -0.507 e. The Bertz CT molecular complexity index is 784. The predicted molar refractivity (Wildman–Crippen MR) is 100 cm³/mol. The summed E-state index contributed by atoms with van der Waals surface area (Å²) in [6.45, 7) is 3.22. The van der Waals surface area contributed by atoms with Crippen LogP contribution in [-0.2, 0) is 4.74 Å². The van der Waals surface area contributed by atoms with Gasteiger partial charge in [0.1, 0.15) is 12.1 Å². The van der Waals surface area contributed by atoms with Gasteiger partial charge in [-0.2, -0.15) is 0 Å². The lowest BCUT2D eigenvalue weighted by molar-refractivity contribution is 0.0775. The zero-order chi connectivity index (χ0) is 20.1. The van der Waals surface area contributed by atoms with E-state index in [1.165, 1.54) is 17.1 Å². The minimum absolute atomic E-state index is 0.0107. The number of ether oxygens (including phenoxy) is 1. The fourth-order valence-corrected chi connectivity index (χ4v) is 3.55. The lowest BCUT2D eigenvalue weighted by Crippen LogP contribution is -2.33. The summed E-state index contributed by atoms with van der Waals surface area (Å²) >= 11 is 0. The number of carbonyl (C=O) groups excluding carboxylic acids is 1. The van der Waals surface area contributed by atoms with Gasteiger partial charge in [0.15, 0.2) is 0 Å². The fourth-order valence-electron chi connectivity index (χ4n) is 3.55. The number of hydrogen-bond donors (Lipinski definition) is 2. The molecule has 0 bridgehead atoms. The van der Waals surface area contributed by atoms with Crippen molar-refractivity contribution in [2.75, 3.05) is 53.6 Å². The molecule has 0 radical (unpaired) electrons. The Morgan fingerprint density at radius 3 is 2.79 bits per heavy atom. The van der Waals surface area contributed by atoms with E-state index in [1.807, 2.05) is 7.05 Å². The first-order valence-corrected chi connectivity index (χ1v) is 9.17. The normalized spacial score (nSPS) is 19.5. The zero-order valence-electron chi connectivity index (χ0n) is 16.1. The average Bonchev–Trinajstić information content (AvgIpc) is 3.35. The van der Waals surface area contributed by atoms with E-state index in [2.05, 4.69) is 20.4 Å². The number of methoxy groups -OCH3 is 1. The van der Waals surface area contributed by atoms with Gasteiger partial charge in [-0.15, -0.1) is 5.10 Å².